The molecule has 0 fully saturated rings. The molecule has 0 radical (unpaired) electrons. The molecule has 0 aromatic heterocycles. The number of halogens is 1. The molecule has 1 aromatic carbocycles. The van der Waals surface area contributed by atoms with Gasteiger partial charge in [-0.15, -0.1) is 0 Å². The van der Waals surface area contributed by atoms with Crippen LogP contribution in [-0.2, 0) is 4.79 Å². The summed E-state index contributed by atoms with van der Waals surface area (Å²) in [6.45, 7) is 0. The fourth-order valence-electron chi connectivity index (χ4n) is 0.858. The van der Waals surface area contributed by atoms with Crippen LogP contribution in [0.25, 0.3) is 0 Å². The van der Waals surface area contributed by atoms with E-state index in [1.165, 1.54) is 0 Å². The van der Waals surface area contributed by atoms with Gasteiger partial charge in [0, 0.05) is 0 Å². The van der Waals surface area contributed by atoms with Gasteiger partial charge in [-0.25, -0.2) is 0 Å². The number of nitriles is 1. The second-order valence-corrected chi connectivity index (χ2v) is 3.26. The number of carbonyl (C=O) groups excluding carboxylic acids is 1. The number of hydrogen-bond donors (Lipinski definition) is 0. The van der Waals surface area contributed by atoms with E-state index >= 15 is 0 Å². The maximum Gasteiger partial charge on any atom is 0.138 e. The molecule has 0 bridgehead atoms. The number of nitrogens with zero attached hydrogens (tertiary/aromatic N) is 1. The van der Waals surface area contributed by atoms with E-state index in [9.17, 15) is 4.79 Å². The summed E-state index contributed by atoms with van der Waals surface area (Å²) in [6, 6.07) is 8.96. The van der Waals surface area contributed by atoms with Crippen molar-refractivity contribution < 1.29 is 4.79 Å². The molecular weight excluding hydrogens is 218 g/mol. The van der Waals surface area contributed by atoms with Crippen LogP contribution < -0.4 is 0 Å². The second-order valence-electron chi connectivity index (χ2n) is 2.28. The highest BCUT2D eigenvalue weighted by Crippen LogP contribution is 2.20. The van der Waals surface area contributed by atoms with Gasteiger partial charge in [0.2, 0.25) is 0 Å². The first-order valence-electron chi connectivity index (χ1n) is 3.37. The van der Waals surface area contributed by atoms with Gasteiger partial charge in [0.1, 0.15) is 6.29 Å². The van der Waals surface area contributed by atoms with Crippen LogP contribution in [0.15, 0.2) is 24.3 Å². The van der Waals surface area contributed by atoms with E-state index in [1.807, 2.05) is 6.07 Å². The third kappa shape index (κ3) is 1.93. The molecule has 2 nitrogen and oxygen atoms in total. The maximum atomic E-state index is 10.4. The molecular formula is C9H6BrNO. The summed E-state index contributed by atoms with van der Waals surface area (Å²) < 4.78 is 0. The topological polar surface area (TPSA) is 40.9 Å². The van der Waals surface area contributed by atoms with Gasteiger partial charge in [0.05, 0.1) is 16.5 Å². The molecule has 0 heterocycles. The Labute approximate surface area is 78.9 Å². The molecule has 0 spiro atoms. The lowest BCUT2D eigenvalue weighted by atomic mass is 10.1. The lowest BCUT2D eigenvalue weighted by molar-refractivity contribution is -0.107. The Kier molecular flexibility index (Phi) is 3.01. The first-order valence-corrected chi connectivity index (χ1v) is 4.29. The molecule has 0 N–H and O–H groups in total. The summed E-state index contributed by atoms with van der Waals surface area (Å²) in [5.41, 5.74) is 1.38. The average Bonchev–Trinajstić information content (AvgIpc) is 2.17. The molecule has 3 heteroatoms. The predicted octanol–water partition coefficient (Wildman–Crippen LogP) is 2.19. The van der Waals surface area contributed by atoms with E-state index in [0.717, 1.165) is 11.8 Å². The number of alkyl halides is 1. The van der Waals surface area contributed by atoms with Crippen molar-refractivity contribution in [3.63, 3.8) is 0 Å². The minimum atomic E-state index is -0.314. The van der Waals surface area contributed by atoms with Crippen LogP contribution in [0.3, 0.4) is 0 Å². The first kappa shape index (κ1) is 8.95. The Bertz CT molecular complexity index is 330. The number of aldehydes is 1. The standard InChI is InChI=1S/C9H6BrNO/c10-9(6-12)8-3-1-2-7(4-8)5-11/h1-4,6,9H. The monoisotopic (exact) mass is 223 g/mol. The fourth-order valence-corrected chi connectivity index (χ4v) is 1.14. The second kappa shape index (κ2) is 4.03. The molecule has 0 aliphatic rings. The summed E-state index contributed by atoms with van der Waals surface area (Å²) in [5.74, 6) is 0. The minimum Gasteiger partial charge on any atom is -0.302 e. The average molecular weight is 224 g/mol. The third-order valence-corrected chi connectivity index (χ3v) is 2.20. The van der Waals surface area contributed by atoms with Crippen molar-refractivity contribution in [3.8, 4) is 6.07 Å². The largest absolute Gasteiger partial charge is 0.302 e. The Morgan fingerprint density at radius 1 is 1.58 bits per heavy atom. The molecule has 1 unspecified atom stereocenters. The fraction of sp³-hybridized carbons (Fsp3) is 0.111. The summed E-state index contributed by atoms with van der Waals surface area (Å²) in [7, 11) is 0. The molecule has 0 aliphatic heterocycles. The van der Waals surface area contributed by atoms with E-state index in [-0.39, 0.29) is 4.83 Å². The van der Waals surface area contributed by atoms with Crippen LogP contribution in [0, 0.1) is 11.3 Å². The van der Waals surface area contributed by atoms with Gasteiger partial charge in [-0.3, -0.25) is 0 Å². The summed E-state index contributed by atoms with van der Waals surface area (Å²) >= 11 is 3.17. The summed E-state index contributed by atoms with van der Waals surface area (Å²) in [4.78, 5) is 10.1. The minimum absolute atomic E-state index is 0.314. The highest BCUT2D eigenvalue weighted by Gasteiger charge is 2.04. The highest BCUT2D eigenvalue weighted by molar-refractivity contribution is 9.09. The zero-order chi connectivity index (χ0) is 8.97. The molecule has 1 aromatic rings. The van der Waals surface area contributed by atoms with E-state index in [1.54, 1.807) is 24.3 Å². The van der Waals surface area contributed by atoms with Crippen molar-refractivity contribution in [2.45, 2.75) is 4.83 Å². The Morgan fingerprint density at radius 2 is 2.33 bits per heavy atom. The lowest BCUT2D eigenvalue weighted by Gasteiger charge is -2.00. The molecule has 60 valence electrons. The first-order chi connectivity index (χ1) is 5.77. The van der Waals surface area contributed by atoms with Crippen molar-refractivity contribution in [1.82, 2.24) is 0 Å². The lowest BCUT2D eigenvalue weighted by Crippen LogP contribution is -1.90. The molecule has 0 saturated heterocycles. The Morgan fingerprint density at radius 3 is 2.92 bits per heavy atom. The molecule has 0 saturated carbocycles. The SMILES string of the molecule is N#Cc1cccc(C(Br)C=O)c1. The van der Waals surface area contributed by atoms with Gasteiger partial charge >= 0.3 is 0 Å². The van der Waals surface area contributed by atoms with Gasteiger partial charge < -0.3 is 4.79 Å². The quantitative estimate of drug-likeness (QED) is 0.570. The van der Waals surface area contributed by atoms with Crippen LogP contribution >= 0.6 is 15.9 Å². The maximum absolute atomic E-state index is 10.4. The van der Waals surface area contributed by atoms with Gasteiger partial charge in [-0.05, 0) is 17.7 Å². The van der Waals surface area contributed by atoms with Crippen LogP contribution in [0.1, 0.15) is 16.0 Å². The predicted molar refractivity (Wildman–Crippen MR) is 48.9 cm³/mol. The summed E-state index contributed by atoms with van der Waals surface area (Å²) in [6.07, 6.45) is 0.788. The van der Waals surface area contributed by atoms with Crippen LogP contribution in [-0.4, -0.2) is 6.29 Å². The normalized spacial score (nSPS) is 11.7. The van der Waals surface area contributed by atoms with E-state index in [0.29, 0.717) is 5.56 Å². The van der Waals surface area contributed by atoms with Gasteiger partial charge in [-0.2, -0.15) is 5.26 Å². The smallest absolute Gasteiger partial charge is 0.138 e. The number of benzene rings is 1. The van der Waals surface area contributed by atoms with Crippen molar-refractivity contribution in [2.24, 2.45) is 0 Å². The Balaban J connectivity index is 3.03. The third-order valence-electron chi connectivity index (χ3n) is 1.45. The van der Waals surface area contributed by atoms with Crippen LogP contribution in [0.2, 0.25) is 0 Å². The number of carbonyl (C=O) groups is 1. The van der Waals surface area contributed by atoms with Crippen molar-refractivity contribution in [1.29, 1.82) is 5.26 Å². The van der Waals surface area contributed by atoms with E-state index < -0.39 is 0 Å². The van der Waals surface area contributed by atoms with Crippen molar-refractivity contribution in [3.05, 3.63) is 35.4 Å². The van der Waals surface area contributed by atoms with Gasteiger partial charge in [-0.1, -0.05) is 28.1 Å². The summed E-state index contributed by atoms with van der Waals surface area (Å²) in [5, 5.41) is 8.56. The van der Waals surface area contributed by atoms with Gasteiger partial charge in [0.25, 0.3) is 0 Å². The molecule has 1 atom stereocenters. The van der Waals surface area contributed by atoms with E-state index in [2.05, 4.69) is 15.9 Å². The molecule has 0 aliphatic carbocycles. The van der Waals surface area contributed by atoms with Crippen LogP contribution in [0.5, 0.6) is 0 Å². The zero-order valence-corrected chi connectivity index (χ0v) is 7.78. The number of hydrogen-bond acceptors (Lipinski definition) is 2. The number of rotatable bonds is 2. The van der Waals surface area contributed by atoms with Crippen LogP contribution in [0.4, 0.5) is 0 Å². The van der Waals surface area contributed by atoms with Crippen molar-refractivity contribution in [2.75, 3.05) is 0 Å². The molecule has 1 rings (SSSR count). The highest BCUT2D eigenvalue weighted by atomic mass is 79.9. The zero-order valence-electron chi connectivity index (χ0n) is 6.20. The molecule has 12 heavy (non-hydrogen) atoms. The molecule has 0 amide bonds. The van der Waals surface area contributed by atoms with Gasteiger partial charge in [0.15, 0.2) is 0 Å². The Hall–Kier alpha value is -1.14. The van der Waals surface area contributed by atoms with Crippen molar-refractivity contribution >= 4 is 22.2 Å². The van der Waals surface area contributed by atoms with E-state index in [4.69, 9.17) is 5.26 Å².